The lowest BCUT2D eigenvalue weighted by molar-refractivity contribution is -0.118. The van der Waals surface area contributed by atoms with Crippen LogP contribution in [0.25, 0.3) is 0 Å². The Labute approximate surface area is 93.4 Å². The number of hydrogen-bond donors (Lipinski definition) is 1. The smallest absolute Gasteiger partial charge is 0.234 e. The minimum absolute atomic E-state index is 0.0254. The number of benzene rings is 1. The van der Waals surface area contributed by atoms with Crippen molar-refractivity contribution in [2.24, 2.45) is 0 Å². The zero-order valence-corrected chi connectivity index (χ0v) is 9.27. The first-order valence-electron chi connectivity index (χ1n) is 4.71. The molecule has 1 aromatic carbocycles. The molecule has 1 N–H and O–H groups in total. The summed E-state index contributed by atoms with van der Waals surface area (Å²) in [4.78, 5) is 10.8. The number of amides is 1. The third-order valence-corrected chi connectivity index (χ3v) is 2.39. The van der Waals surface area contributed by atoms with Crippen molar-refractivity contribution in [2.75, 3.05) is 12.4 Å². The predicted molar refractivity (Wildman–Crippen MR) is 58.6 cm³/mol. The second kappa shape index (κ2) is 5.71. The molecule has 0 fully saturated rings. The van der Waals surface area contributed by atoms with Crippen LogP contribution in [0.2, 0.25) is 0 Å². The Hall–Kier alpha value is -1.09. The summed E-state index contributed by atoms with van der Waals surface area (Å²) >= 11 is 5.32. The molecule has 0 spiro atoms. The fraction of sp³-hybridized carbons (Fsp3) is 0.364. The Bertz CT molecular complexity index is 354. The van der Waals surface area contributed by atoms with Crippen LogP contribution in [-0.2, 0) is 11.2 Å². The lowest BCUT2D eigenvalue weighted by atomic mass is 10.1. The maximum Gasteiger partial charge on any atom is 0.234 e. The van der Waals surface area contributed by atoms with Crippen LogP contribution in [0.1, 0.15) is 11.1 Å². The normalized spacial score (nSPS) is 10.1. The number of rotatable bonds is 4. The lowest BCUT2D eigenvalue weighted by Crippen LogP contribution is -2.26. The van der Waals surface area contributed by atoms with Crippen LogP contribution in [0.4, 0.5) is 4.39 Å². The molecule has 0 unspecified atom stereocenters. The molecular formula is C11H13ClFNO. The highest BCUT2D eigenvalue weighted by Crippen LogP contribution is 2.10. The molecule has 0 atom stereocenters. The largest absolute Gasteiger partial charge is 0.355 e. The fourth-order valence-corrected chi connectivity index (χ4v) is 1.42. The summed E-state index contributed by atoms with van der Waals surface area (Å²) < 4.78 is 12.8. The molecule has 0 bridgehead atoms. The molecule has 4 heteroatoms. The van der Waals surface area contributed by atoms with E-state index in [4.69, 9.17) is 11.6 Å². The molecule has 0 aromatic heterocycles. The average Bonchev–Trinajstić information content (AvgIpc) is 2.21. The van der Waals surface area contributed by atoms with E-state index in [-0.39, 0.29) is 17.6 Å². The summed E-state index contributed by atoms with van der Waals surface area (Å²) in [6.45, 7) is 2.37. The van der Waals surface area contributed by atoms with Gasteiger partial charge in [-0.3, -0.25) is 4.79 Å². The van der Waals surface area contributed by atoms with E-state index in [0.717, 1.165) is 11.1 Å². The van der Waals surface area contributed by atoms with Crippen molar-refractivity contribution in [1.29, 1.82) is 0 Å². The highest BCUT2D eigenvalue weighted by Gasteiger charge is 2.01. The van der Waals surface area contributed by atoms with Gasteiger partial charge in [0.15, 0.2) is 0 Å². The molecular weight excluding hydrogens is 217 g/mol. The van der Waals surface area contributed by atoms with E-state index in [9.17, 15) is 9.18 Å². The van der Waals surface area contributed by atoms with E-state index in [1.165, 1.54) is 12.1 Å². The summed E-state index contributed by atoms with van der Waals surface area (Å²) in [6.07, 6.45) is 0.689. The first kappa shape index (κ1) is 12.0. The third kappa shape index (κ3) is 3.88. The third-order valence-electron chi connectivity index (χ3n) is 2.14. The molecule has 15 heavy (non-hydrogen) atoms. The summed E-state index contributed by atoms with van der Waals surface area (Å²) in [5.41, 5.74) is 1.93. The van der Waals surface area contributed by atoms with Crippen LogP contribution >= 0.6 is 11.6 Å². The summed E-state index contributed by atoms with van der Waals surface area (Å²) in [6, 6.07) is 4.64. The first-order chi connectivity index (χ1) is 7.13. The molecule has 0 aliphatic rings. The van der Waals surface area contributed by atoms with Crippen molar-refractivity contribution in [1.82, 2.24) is 5.32 Å². The number of aryl methyl sites for hydroxylation is 1. The first-order valence-corrected chi connectivity index (χ1v) is 5.24. The Morgan fingerprint density at radius 2 is 2.27 bits per heavy atom. The van der Waals surface area contributed by atoms with Gasteiger partial charge < -0.3 is 5.32 Å². The van der Waals surface area contributed by atoms with Gasteiger partial charge in [-0.05, 0) is 36.6 Å². The minimum atomic E-state index is -0.235. The summed E-state index contributed by atoms with van der Waals surface area (Å²) in [5.74, 6) is -0.444. The van der Waals surface area contributed by atoms with Crippen LogP contribution in [0.15, 0.2) is 18.2 Å². The molecule has 0 saturated carbocycles. The molecule has 0 radical (unpaired) electrons. The highest BCUT2D eigenvalue weighted by atomic mass is 35.5. The topological polar surface area (TPSA) is 29.1 Å². The predicted octanol–water partition coefficient (Wildman–Crippen LogP) is 2.03. The van der Waals surface area contributed by atoms with Crippen molar-refractivity contribution in [3.8, 4) is 0 Å². The van der Waals surface area contributed by atoms with Crippen LogP contribution < -0.4 is 5.32 Å². The second-order valence-electron chi connectivity index (χ2n) is 3.30. The van der Waals surface area contributed by atoms with Crippen LogP contribution in [0, 0.1) is 12.7 Å². The molecule has 0 aliphatic heterocycles. The van der Waals surface area contributed by atoms with E-state index < -0.39 is 0 Å². The van der Waals surface area contributed by atoms with Gasteiger partial charge in [0.2, 0.25) is 5.91 Å². The standard InChI is InChI=1S/C11H13ClFNO/c1-8-6-10(13)3-2-9(8)4-5-14-11(15)7-12/h2-3,6H,4-5,7H2,1H3,(H,14,15). The summed E-state index contributed by atoms with van der Waals surface area (Å²) in [5, 5.41) is 2.66. The van der Waals surface area contributed by atoms with Gasteiger partial charge in [-0.1, -0.05) is 6.07 Å². The molecule has 1 amide bonds. The maximum absolute atomic E-state index is 12.8. The van der Waals surface area contributed by atoms with Crippen molar-refractivity contribution in [3.05, 3.63) is 35.1 Å². The van der Waals surface area contributed by atoms with Gasteiger partial charge >= 0.3 is 0 Å². The van der Waals surface area contributed by atoms with Gasteiger partial charge in [-0.2, -0.15) is 0 Å². The molecule has 0 heterocycles. The number of nitrogens with one attached hydrogen (secondary N) is 1. The van der Waals surface area contributed by atoms with E-state index >= 15 is 0 Å². The Morgan fingerprint density at radius 1 is 1.53 bits per heavy atom. The van der Waals surface area contributed by atoms with Crippen molar-refractivity contribution >= 4 is 17.5 Å². The summed E-state index contributed by atoms with van der Waals surface area (Å²) in [7, 11) is 0. The van der Waals surface area contributed by atoms with Gasteiger partial charge in [-0.25, -0.2) is 4.39 Å². The zero-order valence-electron chi connectivity index (χ0n) is 8.52. The molecule has 0 aliphatic carbocycles. The van der Waals surface area contributed by atoms with E-state index in [2.05, 4.69) is 5.32 Å². The van der Waals surface area contributed by atoms with Crippen LogP contribution in [0.3, 0.4) is 0 Å². The number of alkyl halides is 1. The Kier molecular flexibility index (Phi) is 4.56. The molecule has 0 saturated heterocycles. The fourth-order valence-electron chi connectivity index (χ4n) is 1.32. The quantitative estimate of drug-likeness (QED) is 0.787. The maximum atomic E-state index is 12.8. The molecule has 82 valence electrons. The molecule has 2 nitrogen and oxygen atoms in total. The van der Waals surface area contributed by atoms with E-state index in [1.54, 1.807) is 6.07 Å². The SMILES string of the molecule is Cc1cc(F)ccc1CCNC(=O)CCl. The second-order valence-corrected chi connectivity index (χ2v) is 3.57. The van der Waals surface area contributed by atoms with Crippen LogP contribution in [-0.4, -0.2) is 18.3 Å². The average molecular weight is 230 g/mol. The molecule has 1 aromatic rings. The van der Waals surface area contributed by atoms with E-state index in [0.29, 0.717) is 13.0 Å². The van der Waals surface area contributed by atoms with Gasteiger partial charge in [0.25, 0.3) is 0 Å². The Balaban J connectivity index is 2.47. The van der Waals surface area contributed by atoms with Gasteiger partial charge in [0, 0.05) is 6.54 Å². The number of carbonyl (C=O) groups excluding carboxylic acids is 1. The molecule has 1 rings (SSSR count). The zero-order chi connectivity index (χ0) is 11.3. The monoisotopic (exact) mass is 229 g/mol. The number of halogens is 2. The minimum Gasteiger partial charge on any atom is -0.355 e. The van der Waals surface area contributed by atoms with E-state index in [1.807, 2.05) is 6.92 Å². The van der Waals surface area contributed by atoms with Gasteiger partial charge in [0.1, 0.15) is 11.7 Å². The van der Waals surface area contributed by atoms with Gasteiger partial charge in [0.05, 0.1) is 0 Å². The van der Waals surface area contributed by atoms with Crippen LogP contribution in [0.5, 0.6) is 0 Å². The Morgan fingerprint density at radius 3 is 2.87 bits per heavy atom. The van der Waals surface area contributed by atoms with Crippen molar-refractivity contribution in [3.63, 3.8) is 0 Å². The number of carbonyl (C=O) groups is 1. The number of hydrogen-bond acceptors (Lipinski definition) is 1. The van der Waals surface area contributed by atoms with Crippen molar-refractivity contribution < 1.29 is 9.18 Å². The highest BCUT2D eigenvalue weighted by molar-refractivity contribution is 6.27. The lowest BCUT2D eigenvalue weighted by Gasteiger charge is -2.06. The van der Waals surface area contributed by atoms with Gasteiger partial charge in [-0.15, -0.1) is 11.6 Å². The van der Waals surface area contributed by atoms with Crippen molar-refractivity contribution in [2.45, 2.75) is 13.3 Å².